The van der Waals surface area contributed by atoms with Crippen LogP contribution in [-0.4, -0.2) is 30.3 Å². The van der Waals surface area contributed by atoms with Gasteiger partial charge in [-0.25, -0.2) is 0 Å². The van der Waals surface area contributed by atoms with Crippen molar-refractivity contribution in [1.29, 1.82) is 0 Å². The highest BCUT2D eigenvalue weighted by Gasteiger charge is 2.27. The van der Waals surface area contributed by atoms with E-state index in [1.165, 1.54) is 4.90 Å². The average Bonchev–Trinajstić information content (AvgIpc) is 3.04. The molecule has 1 heterocycles. The Bertz CT molecular complexity index is 623. The molecule has 0 spiro atoms. The van der Waals surface area contributed by atoms with Gasteiger partial charge >= 0.3 is 0 Å². The number of benzene rings is 1. The number of nitrogens with one attached hydrogen (secondary N) is 2. The summed E-state index contributed by atoms with van der Waals surface area (Å²) in [7, 11) is 0. The second kappa shape index (κ2) is 6.81. The van der Waals surface area contributed by atoms with Gasteiger partial charge in [0.05, 0.1) is 11.4 Å². The molecule has 3 amide bonds. The molecule has 1 aliphatic carbocycles. The van der Waals surface area contributed by atoms with Crippen LogP contribution in [0.1, 0.15) is 38.5 Å². The molecule has 122 valence electrons. The second-order valence-electron chi connectivity index (χ2n) is 6.09. The zero-order valence-electron chi connectivity index (χ0n) is 13.0. The van der Waals surface area contributed by atoms with Gasteiger partial charge in [-0.3, -0.25) is 14.4 Å². The fourth-order valence-corrected chi connectivity index (χ4v) is 3.18. The lowest BCUT2D eigenvalue weighted by Gasteiger charge is -2.29. The van der Waals surface area contributed by atoms with Crippen LogP contribution in [0.15, 0.2) is 24.3 Å². The molecule has 0 bridgehead atoms. The summed E-state index contributed by atoms with van der Waals surface area (Å²) in [4.78, 5) is 37.5. The van der Waals surface area contributed by atoms with Crippen LogP contribution in [0.25, 0.3) is 0 Å². The fourth-order valence-electron chi connectivity index (χ4n) is 3.18. The molecule has 2 aliphatic rings. The minimum atomic E-state index is -0.215. The van der Waals surface area contributed by atoms with E-state index < -0.39 is 0 Å². The number of nitrogens with zero attached hydrogens (tertiary/aromatic N) is 1. The Hall–Kier alpha value is -2.37. The molecule has 3 rings (SSSR count). The summed E-state index contributed by atoms with van der Waals surface area (Å²) in [5.41, 5.74) is 1.32. The van der Waals surface area contributed by atoms with E-state index in [9.17, 15) is 14.4 Å². The summed E-state index contributed by atoms with van der Waals surface area (Å²) in [5.74, 6) is -0.499. The SMILES string of the molecule is O=C1CN(C(=O)CCC(=O)NC2CCCC2)c2ccccc2N1. The third kappa shape index (κ3) is 3.70. The van der Waals surface area contributed by atoms with Gasteiger partial charge in [0.15, 0.2) is 0 Å². The number of fused-ring (bicyclic) bond motifs is 1. The predicted octanol–water partition coefficient (Wildman–Crippen LogP) is 1.81. The number of hydrogen-bond acceptors (Lipinski definition) is 3. The number of rotatable bonds is 4. The van der Waals surface area contributed by atoms with Crippen LogP contribution in [-0.2, 0) is 14.4 Å². The Kier molecular flexibility index (Phi) is 4.60. The van der Waals surface area contributed by atoms with Gasteiger partial charge in [0.25, 0.3) is 0 Å². The molecule has 0 aromatic heterocycles. The normalized spacial score (nSPS) is 17.6. The third-order valence-corrected chi connectivity index (χ3v) is 4.36. The second-order valence-corrected chi connectivity index (χ2v) is 6.09. The van der Waals surface area contributed by atoms with Gasteiger partial charge in [-0.2, -0.15) is 0 Å². The Morgan fingerprint density at radius 1 is 1.17 bits per heavy atom. The maximum Gasteiger partial charge on any atom is 0.244 e. The molecular formula is C17H21N3O3. The van der Waals surface area contributed by atoms with Gasteiger partial charge in [0, 0.05) is 18.9 Å². The van der Waals surface area contributed by atoms with Crippen molar-refractivity contribution in [1.82, 2.24) is 5.32 Å². The van der Waals surface area contributed by atoms with Gasteiger partial charge in [0.2, 0.25) is 17.7 Å². The van der Waals surface area contributed by atoms with Crippen molar-refractivity contribution in [2.24, 2.45) is 0 Å². The minimum absolute atomic E-state index is 0.0000900. The van der Waals surface area contributed by atoms with Crippen molar-refractivity contribution in [3.8, 4) is 0 Å². The first kappa shape index (κ1) is 15.5. The number of amides is 3. The van der Waals surface area contributed by atoms with Gasteiger partial charge < -0.3 is 15.5 Å². The molecule has 0 saturated heterocycles. The van der Waals surface area contributed by atoms with E-state index in [0.29, 0.717) is 11.4 Å². The van der Waals surface area contributed by atoms with Crippen LogP contribution < -0.4 is 15.5 Å². The largest absolute Gasteiger partial charge is 0.353 e. The van der Waals surface area contributed by atoms with Crippen LogP contribution >= 0.6 is 0 Å². The smallest absolute Gasteiger partial charge is 0.244 e. The molecule has 1 fully saturated rings. The first-order chi connectivity index (χ1) is 11.1. The standard InChI is InChI=1S/C17H21N3O3/c21-15(18-12-5-1-2-6-12)9-10-17(23)20-11-16(22)19-13-7-3-4-8-14(13)20/h3-4,7-8,12H,1-2,5-6,9-11H2,(H,18,21)(H,19,22). The van der Waals surface area contributed by atoms with E-state index in [2.05, 4.69) is 10.6 Å². The Labute approximate surface area is 135 Å². The highest BCUT2D eigenvalue weighted by atomic mass is 16.2. The van der Waals surface area contributed by atoms with Gasteiger partial charge in [-0.1, -0.05) is 25.0 Å². The number of hydrogen-bond donors (Lipinski definition) is 2. The summed E-state index contributed by atoms with van der Waals surface area (Å²) in [6, 6.07) is 7.45. The molecule has 2 N–H and O–H groups in total. The monoisotopic (exact) mass is 315 g/mol. The molecule has 1 aromatic rings. The maximum atomic E-state index is 12.4. The molecule has 1 saturated carbocycles. The average molecular weight is 315 g/mol. The Morgan fingerprint density at radius 2 is 1.91 bits per heavy atom. The minimum Gasteiger partial charge on any atom is -0.353 e. The molecule has 0 radical (unpaired) electrons. The molecule has 1 aliphatic heterocycles. The molecule has 0 unspecified atom stereocenters. The highest BCUT2D eigenvalue weighted by Crippen LogP contribution is 2.29. The summed E-state index contributed by atoms with van der Waals surface area (Å²) in [6.45, 7) is 0.0000900. The zero-order valence-corrected chi connectivity index (χ0v) is 13.0. The van der Waals surface area contributed by atoms with Crippen molar-refractivity contribution < 1.29 is 14.4 Å². The molecular weight excluding hydrogens is 294 g/mol. The van der Waals surface area contributed by atoms with Gasteiger partial charge in [-0.05, 0) is 25.0 Å². The molecule has 6 nitrogen and oxygen atoms in total. The van der Waals surface area contributed by atoms with Crippen LogP contribution in [0.2, 0.25) is 0 Å². The Balaban J connectivity index is 1.57. The van der Waals surface area contributed by atoms with Crippen molar-refractivity contribution in [2.45, 2.75) is 44.6 Å². The van der Waals surface area contributed by atoms with Gasteiger partial charge in [-0.15, -0.1) is 0 Å². The van der Waals surface area contributed by atoms with E-state index >= 15 is 0 Å². The van der Waals surface area contributed by atoms with Crippen molar-refractivity contribution in [3.63, 3.8) is 0 Å². The van der Waals surface area contributed by atoms with Crippen LogP contribution in [0.3, 0.4) is 0 Å². The first-order valence-electron chi connectivity index (χ1n) is 8.12. The summed E-state index contributed by atoms with van der Waals surface area (Å²) < 4.78 is 0. The summed E-state index contributed by atoms with van der Waals surface area (Å²) >= 11 is 0. The fraction of sp³-hybridized carbons (Fsp3) is 0.471. The Morgan fingerprint density at radius 3 is 2.70 bits per heavy atom. The quantitative estimate of drug-likeness (QED) is 0.889. The maximum absolute atomic E-state index is 12.4. The van der Waals surface area contributed by atoms with Crippen LogP contribution in [0.5, 0.6) is 0 Å². The number of carbonyl (C=O) groups is 3. The lowest BCUT2D eigenvalue weighted by atomic mass is 10.1. The van der Waals surface area contributed by atoms with Crippen molar-refractivity contribution >= 4 is 29.1 Å². The zero-order chi connectivity index (χ0) is 16.2. The van der Waals surface area contributed by atoms with Crippen molar-refractivity contribution in [3.05, 3.63) is 24.3 Å². The van der Waals surface area contributed by atoms with Crippen molar-refractivity contribution in [2.75, 3.05) is 16.8 Å². The van der Waals surface area contributed by atoms with E-state index in [0.717, 1.165) is 25.7 Å². The summed E-state index contributed by atoms with van der Waals surface area (Å²) in [5, 5.41) is 5.72. The van der Waals surface area contributed by atoms with E-state index in [-0.39, 0.29) is 43.1 Å². The number of carbonyl (C=O) groups excluding carboxylic acids is 3. The summed E-state index contributed by atoms with van der Waals surface area (Å²) in [6.07, 6.45) is 4.64. The molecule has 0 atom stereocenters. The third-order valence-electron chi connectivity index (χ3n) is 4.36. The highest BCUT2D eigenvalue weighted by molar-refractivity contribution is 6.10. The van der Waals surface area contributed by atoms with E-state index in [4.69, 9.17) is 0 Å². The molecule has 23 heavy (non-hydrogen) atoms. The van der Waals surface area contributed by atoms with Crippen LogP contribution in [0, 0.1) is 0 Å². The first-order valence-corrected chi connectivity index (χ1v) is 8.12. The van der Waals surface area contributed by atoms with Crippen LogP contribution in [0.4, 0.5) is 11.4 Å². The lowest BCUT2D eigenvalue weighted by Crippen LogP contribution is -2.42. The van der Waals surface area contributed by atoms with E-state index in [1.54, 1.807) is 12.1 Å². The topological polar surface area (TPSA) is 78.5 Å². The van der Waals surface area contributed by atoms with Gasteiger partial charge in [0.1, 0.15) is 6.54 Å². The number of para-hydroxylation sites is 2. The molecule has 6 heteroatoms. The molecule has 1 aromatic carbocycles. The predicted molar refractivity (Wildman–Crippen MR) is 87.1 cm³/mol. The van der Waals surface area contributed by atoms with E-state index in [1.807, 2.05) is 12.1 Å². The lowest BCUT2D eigenvalue weighted by molar-refractivity contribution is -0.126. The number of anilines is 2.